The summed E-state index contributed by atoms with van der Waals surface area (Å²) < 4.78 is 7.16. The highest BCUT2D eigenvalue weighted by atomic mass is 16.5. The van der Waals surface area contributed by atoms with E-state index in [2.05, 4.69) is 0 Å². The molecule has 0 spiro atoms. The SMILES string of the molecule is C[C@H](O)c1ccc(OCCn2ccccc2=O)cc1. The minimum atomic E-state index is -0.475. The first-order valence-corrected chi connectivity index (χ1v) is 6.23. The van der Waals surface area contributed by atoms with Crippen molar-refractivity contribution in [1.29, 1.82) is 0 Å². The van der Waals surface area contributed by atoms with Crippen LogP contribution in [-0.2, 0) is 6.54 Å². The second-order valence-corrected chi connectivity index (χ2v) is 4.33. The summed E-state index contributed by atoms with van der Waals surface area (Å²) in [6.45, 7) is 2.66. The maximum atomic E-state index is 11.5. The van der Waals surface area contributed by atoms with E-state index in [1.54, 1.807) is 23.8 Å². The summed E-state index contributed by atoms with van der Waals surface area (Å²) in [5.74, 6) is 0.730. The molecule has 4 heteroatoms. The zero-order valence-corrected chi connectivity index (χ0v) is 10.8. The molecule has 1 atom stereocenters. The van der Waals surface area contributed by atoms with Gasteiger partial charge >= 0.3 is 0 Å². The third-order valence-corrected chi connectivity index (χ3v) is 2.86. The molecule has 1 aromatic heterocycles. The van der Waals surface area contributed by atoms with Gasteiger partial charge in [-0.05, 0) is 30.7 Å². The average Bonchev–Trinajstić information content (AvgIpc) is 2.41. The number of benzene rings is 1. The van der Waals surface area contributed by atoms with Gasteiger partial charge in [-0.3, -0.25) is 4.79 Å². The van der Waals surface area contributed by atoms with Crippen LogP contribution in [0.2, 0.25) is 0 Å². The molecule has 4 nitrogen and oxygen atoms in total. The molecule has 1 aromatic carbocycles. The molecule has 0 saturated heterocycles. The normalized spacial score (nSPS) is 12.1. The van der Waals surface area contributed by atoms with E-state index in [0.29, 0.717) is 13.2 Å². The van der Waals surface area contributed by atoms with Crippen LogP contribution < -0.4 is 10.3 Å². The fraction of sp³-hybridized carbons (Fsp3) is 0.267. The number of aromatic nitrogens is 1. The largest absolute Gasteiger partial charge is 0.492 e. The van der Waals surface area contributed by atoms with Crippen molar-refractivity contribution in [1.82, 2.24) is 4.57 Å². The predicted octanol–water partition coefficient (Wildman–Crippen LogP) is 1.98. The van der Waals surface area contributed by atoms with E-state index in [1.165, 1.54) is 6.07 Å². The molecule has 1 N–H and O–H groups in total. The van der Waals surface area contributed by atoms with Crippen LogP contribution in [0, 0.1) is 0 Å². The number of aliphatic hydroxyl groups excluding tert-OH is 1. The molecular formula is C15H17NO3. The molecule has 19 heavy (non-hydrogen) atoms. The molecule has 0 unspecified atom stereocenters. The molecule has 0 aliphatic carbocycles. The minimum absolute atomic E-state index is 0.0319. The maximum Gasteiger partial charge on any atom is 0.250 e. The van der Waals surface area contributed by atoms with Crippen LogP contribution in [0.15, 0.2) is 53.5 Å². The van der Waals surface area contributed by atoms with Gasteiger partial charge in [0.05, 0.1) is 12.6 Å². The lowest BCUT2D eigenvalue weighted by atomic mass is 10.1. The lowest BCUT2D eigenvalue weighted by Gasteiger charge is -2.09. The molecule has 0 aliphatic heterocycles. The number of ether oxygens (including phenoxy) is 1. The Kier molecular flexibility index (Phi) is 4.36. The number of rotatable bonds is 5. The van der Waals surface area contributed by atoms with Gasteiger partial charge in [0.25, 0.3) is 5.56 Å². The molecule has 100 valence electrons. The third kappa shape index (κ3) is 3.69. The van der Waals surface area contributed by atoms with Crippen LogP contribution in [0.1, 0.15) is 18.6 Å². The summed E-state index contributed by atoms with van der Waals surface area (Å²) in [7, 11) is 0. The average molecular weight is 259 g/mol. The Hall–Kier alpha value is -2.07. The van der Waals surface area contributed by atoms with Crippen molar-refractivity contribution in [2.24, 2.45) is 0 Å². The summed E-state index contributed by atoms with van der Waals surface area (Å²) in [5, 5.41) is 9.39. The monoisotopic (exact) mass is 259 g/mol. The predicted molar refractivity (Wildman–Crippen MR) is 73.3 cm³/mol. The topological polar surface area (TPSA) is 51.5 Å². The van der Waals surface area contributed by atoms with Crippen molar-refractivity contribution >= 4 is 0 Å². The highest BCUT2D eigenvalue weighted by Gasteiger charge is 2.01. The van der Waals surface area contributed by atoms with Gasteiger partial charge < -0.3 is 14.4 Å². The zero-order valence-electron chi connectivity index (χ0n) is 10.8. The van der Waals surface area contributed by atoms with Crippen LogP contribution in [0.5, 0.6) is 5.75 Å². The third-order valence-electron chi connectivity index (χ3n) is 2.86. The maximum absolute atomic E-state index is 11.5. The van der Waals surface area contributed by atoms with E-state index in [0.717, 1.165) is 11.3 Å². The number of aliphatic hydroxyl groups is 1. The Bertz CT molecular complexity index is 572. The quantitative estimate of drug-likeness (QED) is 0.893. The lowest BCUT2D eigenvalue weighted by molar-refractivity contribution is 0.199. The van der Waals surface area contributed by atoms with Crippen molar-refractivity contribution < 1.29 is 9.84 Å². The molecule has 2 aromatic rings. The number of hydrogen-bond donors (Lipinski definition) is 1. The summed E-state index contributed by atoms with van der Waals surface area (Å²) >= 11 is 0. The first kappa shape index (κ1) is 13.4. The van der Waals surface area contributed by atoms with E-state index < -0.39 is 6.10 Å². The molecule has 0 radical (unpaired) electrons. The van der Waals surface area contributed by atoms with Crippen molar-refractivity contribution in [2.75, 3.05) is 6.61 Å². The Morgan fingerprint density at radius 1 is 1.21 bits per heavy atom. The van der Waals surface area contributed by atoms with Gasteiger partial charge in [0.2, 0.25) is 0 Å². The van der Waals surface area contributed by atoms with Gasteiger partial charge in [0, 0.05) is 12.3 Å². The highest BCUT2D eigenvalue weighted by Crippen LogP contribution is 2.17. The molecule has 0 bridgehead atoms. The lowest BCUT2D eigenvalue weighted by Crippen LogP contribution is -2.21. The van der Waals surface area contributed by atoms with Crippen LogP contribution in [0.4, 0.5) is 0 Å². The van der Waals surface area contributed by atoms with Crippen molar-refractivity contribution in [2.45, 2.75) is 19.6 Å². The van der Waals surface area contributed by atoms with Crippen LogP contribution >= 0.6 is 0 Å². The standard InChI is InChI=1S/C15H17NO3/c1-12(17)13-5-7-14(8-6-13)19-11-10-16-9-3-2-4-15(16)18/h2-9,12,17H,10-11H2,1H3/t12-/m0/s1. The summed E-state index contributed by atoms with van der Waals surface area (Å²) in [5.41, 5.74) is 0.821. The van der Waals surface area contributed by atoms with E-state index in [9.17, 15) is 9.90 Å². The molecule has 0 aliphatic rings. The van der Waals surface area contributed by atoms with E-state index in [4.69, 9.17) is 4.74 Å². The summed E-state index contributed by atoms with van der Waals surface area (Å²) in [6.07, 6.45) is 1.26. The number of nitrogens with zero attached hydrogens (tertiary/aromatic N) is 1. The van der Waals surface area contributed by atoms with Gasteiger partial charge in [-0.1, -0.05) is 18.2 Å². The number of pyridine rings is 1. The first-order chi connectivity index (χ1) is 9.16. The van der Waals surface area contributed by atoms with E-state index in [1.807, 2.05) is 30.3 Å². The van der Waals surface area contributed by atoms with Crippen LogP contribution in [-0.4, -0.2) is 16.3 Å². The molecule has 0 saturated carbocycles. The Labute approximate surface area is 111 Å². The second-order valence-electron chi connectivity index (χ2n) is 4.33. The van der Waals surface area contributed by atoms with Crippen LogP contribution in [0.25, 0.3) is 0 Å². The zero-order chi connectivity index (χ0) is 13.7. The van der Waals surface area contributed by atoms with E-state index >= 15 is 0 Å². The van der Waals surface area contributed by atoms with Gasteiger partial charge in [-0.2, -0.15) is 0 Å². The minimum Gasteiger partial charge on any atom is -0.492 e. The summed E-state index contributed by atoms with van der Waals surface area (Å²) in [4.78, 5) is 11.5. The van der Waals surface area contributed by atoms with Crippen molar-refractivity contribution in [3.63, 3.8) is 0 Å². The fourth-order valence-electron chi connectivity index (χ4n) is 1.75. The Balaban J connectivity index is 1.89. The fourth-order valence-corrected chi connectivity index (χ4v) is 1.75. The smallest absolute Gasteiger partial charge is 0.250 e. The van der Waals surface area contributed by atoms with Gasteiger partial charge in [0.1, 0.15) is 12.4 Å². The van der Waals surface area contributed by atoms with E-state index in [-0.39, 0.29) is 5.56 Å². The molecule has 0 fully saturated rings. The second kappa shape index (κ2) is 6.20. The van der Waals surface area contributed by atoms with Crippen LogP contribution in [0.3, 0.4) is 0 Å². The molecule has 1 heterocycles. The summed E-state index contributed by atoms with van der Waals surface area (Å²) in [6, 6.07) is 12.3. The van der Waals surface area contributed by atoms with Crippen molar-refractivity contribution in [3.05, 3.63) is 64.6 Å². The molecule has 2 rings (SSSR count). The Morgan fingerprint density at radius 3 is 2.58 bits per heavy atom. The highest BCUT2D eigenvalue weighted by molar-refractivity contribution is 5.28. The van der Waals surface area contributed by atoms with Gasteiger partial charge in [-0.25, -0.2) is 0 Å². The van der Waals surface area contributed by atoms with Gasteiger partial charge in [-0.15, -0.1) is 0 Å². The van der Waals surface area contributed by atoms with Crippen molar-refractivity contribution in [3.8, 4) is 5.75 Å². The molecule has 0 amide bonds. The number of hydrogen-bond acceptors (Lipinski definition) is 3. The molecular weight excluding hydrogens is 242 g/mol. The van der Waals surface area contributed by atoms with Gasteiger partial charge in [0.15, 0.2) is 0 Å². The first-order valence-electron chi connectivity index (χ1n) is 6.23. The Morgan fingerprint density at radius 2 is 1.95 bits per heavy atom.